The van der Waals surface area contributed by atoms with E-state index in [1.54, 1.807) is 51.3 Å². The van der Waals surface area contributed by atoms with Gasteiger partial charge in [0.15, 0.2) is 11.5 Å². The fraction of sp³-hybridized carbons (Fsp3) is 0.174. The number of hydrogen-bond donors (Lipinski definition) is 2. The Morgan fingerprint density at radius 1 is 0.939 bits per heavy atom. The molecule has 0 saturated heterocycles. The molecule has 0 fully saturated rings. The van der Waals surface area contributed by atoms with Crippen molar-refractivity contribution < 1.29 is 22.7 Å². The predicted octanol–water partition coefficient (Wildman–Crippen LogP) is 3.56. The van der Waals surface area contributed by atoms with Crippen LogP contribution >= 0.6 is 0 Å². The average molecular weight is 469 g/mol. The standard InChI is InChI=1S/C23H24N4O5S/c1-15-13-22(25-16(2)24-15)27-33(29,30)19-9-7-18(8-10-19)26-23(28)12-6-17-5-11-20(31-3)21(14-17)32-4/h5-14H,1-4H3,(H,26,28)(H,24,25,27)/b12-6+. The first-order valence-electron chi connectivity index (χ1n) is 9.86. The lowest BCUT2D eigenvalue weighted by Gasteiger charge is -2.09. The number of benzene rings is 2. The van der Waals surface area contributed by atoms with E-state index in [4.69, 9.17) is 9.47 Å². The smallest absolute Gasteiger partial charge is 0.263 e. The Labute approximate surface area is 192 Å². The number of amides is 1. The Morgan fingerprint density at radius 3 is 2.27 bits per heavy atom. The number of nitrogens with one attached hydrogen (secondary N) is 2. The van der Waals surface area contributed by atoms with Gasteiger partial charge in [-0.1, -0.05) is 6.07 Å². The Kier molecular flexibility index (Phi) is 7.29. The van der Waals surface area contributed by atoms with Crippen LogP contribution < -0.4 is 19.5 Å². The molecular formula is C23H24N4O5S. The number of methoxy groups -OCH3 is 2. The molecule has 0 bridgehead atoms. The molecule has 2 N–H and O–H groups in total. The second-order valence-corrected chi connectivity index (χ2v) is 8.69. The van der Waals surface area contributed by atoms with Gasteiger partial charge in [0.05, 0.1) is 19.1 Å². The molecule has 0 aliphatic heterocycles. The number of rotatable bonds is 8. The second kappa shape index (κ2) is 10.1. The maximum absolute atomic E-state index is 12.6. The van der Waals surface area contributed by atoms with Crippen LogP contribution in [0.2, 0.25) is 0 Å². The third kappa shape index (κ3) is 6.30. The molecule has 33 heavy (non-hydrogen) atoms. The molecule has 0 radical (unpaired) electrons. The summed E-state index contributed by atoms with van der Waals surface area (Å²) in [6.45, 7) is 3.44. The van der Waals surface area contributed by atoms with E-state index in [2.05, 4.69) is 20.0 Å². The fourth-order valence-electron chi connectivity index (χ4n) is 3.00. The van der Waals surface area contributed by atoms with Crippen LogP contribution in [0.1, 0.15) is 17.1 Å². The number of carbonyl (C=O) groups excluding carboxylic acids is 1. The molecule has 3 rings (SSSR count). The van der Waals surface area contributed by atoms with E-state index in [0.717, 1.165) is 5.56 Å². The zero-order valence-corrected chi connectivity index (χ0v) is 19.4. The Balaban J connectivity index is 1.66. The summed E-state index contributed by atoms with van der Waals surface area (Å²) in [5, 5.41) is 2.69. The maximum atomic E-state index is 12.6. The largest absolute Gasteiger partial charge is 0.493 e. The van der Waals surface area contributed by atoms with Crippen molar-refractivity contribution in [3.63, 3.8) is 0 Å². The molecule has 10 heteroatoms. The molecule has 172 valence electrons. The summed E-state index contributed by atoms with van der Waals surface area (Å²) in [5.41, 5.74) is 1.86. The first-order chi connectivity index (χ1) is 15.7. The van der Waals surface area contributed by atoms with Gasteiger partial charge >= 0.3 is 0 Å². The minimum atomic E-state index is -3.84. The minimum Gasteiger partial charge on any atom is -0.493 e. The zero-order valence-electron chi connectivity index (χ0n) is 18.6. The molecule has 0 aliphatic carbocycles. The molecule has 0 saturated carbocycles. The van der Waals surface area contributed by atoms with E-state index >= 15 is 0 Å². The molecule has 9 nitrogen and oxygen atoms in total. The minimum absolute atomic E-state index is 0.0373. The summed E-state index contributed by atoms with van der Waals surface area (Å²) in [6.07, 6.45) is 3.00. The van der Waals surface area contributed by atoms with Crippen LogP contribution in [0.4, 0.5) is 11.5 Å². The van der Waals surface area contributed by atoms with Crippen molar-refractivity contribution in [2.45, 2.75) is 18.7 Å². The average Bonchev–Trinajstić information content (AvgIpc) is 2.76. The number of aryl methyl sites for hydroxylation is 2. The monoisotopic (exact) mass is 468 g/mol. The number of hydrogen-bond acceptors (Lipinski definition) is 7. The normalized spacial score (nSPS) is 11.3. The van der Waals surface area contributed by atoms with Crippen LogP contribution in [0.15, 0.2) is 59.5 Å². The van der Waals surface area contributed by atoms with E-state index in [-0.39, 0.29) is 16.6 Å². The van der Waals surface area contributed by atoms with Crippen molar-refractivity contribution in [3.05, 3.63) is 71.7 Å². The Bertz CT molecular complexity index is 1270. The predicted molar refractivity (Wildman–Crippen MR) is 126 cm³/mol. The van der Waals surface area contributed by atoms with Gasteiger partial charge in [-0.25, -0.2) is 18.4 Å². The number of carbonyl (C=O) groups is 1. The van der Waals surface area contributed by atoms with E-state index in [1.807, 2.05) is 0 Å². The lowest BCUT2D eigenvalue weighted by Crippen LogP contribution is -2.15. The summed E-state index contributed by atoms with van der Waals surface area (Å²) in [7, 11) is -0.758. The summed E-state index contributed by atoms with van der Waals surface area (Å²) < 4.78 is 38.1. The van der Waals surface area contributed by atoms with Gasteiger partial charge < -0.3 is 14.8 Å². The van der Waals surface area contributed by atoms with E-state index < -0.39 is 10.0 Å². The van der Waals surface area contributed by atoms with Crippen LogP contribution in [-0.2, 0) is 14.8 Å². The maximum Gasteiger partial charge on any atom is 0.263 e. The van der Waals surface area contributed by atoms with E-state index in [1.165, 1.54) is 37.5 Å². The van der Waals surface area contributed by atoms with Gasteiger partial charge in [0, 0.05) is 23.5 Å². The molecule has 1 amide bonds. The lowest BCUT2D eigenvalue weighted by molar-refractivity contribution is -0.111. The van der Waals surface area contributed by atoms with Crippen molar-refractivity contribution in [1.82, 2.24) is 9.97 Å². The van der Waals surface area contributed by atoms with Gasteiger partial charge in [-0.3, -0.25) is 9.52 Å². The lowest BCUT2D eigenvalue weighted by atomic mass is 10.2. The first-order valence-corrected chi connectivity index (χ1v) is 11.3. The van der Waals surface area contributed by atoms with Gasteiger partial charge in [-0.05, 0) is 61.9 Å². The van der Waals surface area contributed by atoms with Crippen LogP contribution in [-0.4, -0.2) is 38.5 Å². The number of anilines is 2. The van der Waals surface area contributed by atoms with Crippen molar-refractivity contribution in [2.24, 2.45) is 0 Å². The van der Waals surface area contributed by atoms with Gasteiger partial charge in [0.2, 0.25) is 5.91 Å². The van der Waals surface area contributed by atoms with Crippen molar-refractivity contribution in [2.75, 3.05) is 24.3 Å². The zero-order chi connectivity index (χ0) is 24.0. The van der Waals surface area contributed by atoms with Gasteiger partial charge in [0.25, 0.3) is 10.0 Å². The molecule has 0 spiro atoms. The summed E-state index contributed by atoms with van der Waals surface area (Å²) in [4.78, 5) is 20.5. The van der Waals surface area contributed by atoms with Crippen LogP contribution in [0.25, 0.3) is 6.08 Å². The summed E-state index contributed by atoms with van der Waals surface area (Å²) >= 11 is 0. The molecule has 0 atom stereocenters. The summed E-state index contributed by atoms with van der Waals surface area (Å²) in [6, 6.07) is 12.6. The highest BCUT2D eigenvalue weighted by atomic mass is 32.2. The molecule has 1 heterocycles. The SMILES string of the molecule is COc1ccc(/C=C/C(=O)Nc2ccc(S(=O)(=O)Nc3cc(C)nc(C)n3)cc2)cc1OC. The van der Waals surface area contributed by atoms with Crippen LogP contribution in [0, 0.1) is 13.8 Å². The van der Waals surface area contributed by atoms with E-state index in [0.29, 0.717) is 28.7 Å². The molecule has 0 unspecified atom stereocenters. The number of aromatic nitrogens is 2. The van der Waals surface area contributed by atoms with Crippen molar-refractivity contribution >= 4 is 33.5 Å². The molecular weight excluding hydrogens is 444 g/mol. The first kappa shape index (κ1) is 23.7. The topological polar surface area (TPSA) is 120 Å². The molecule has 1 aromatic heterocycles. The fourth-order valence-corrected chi connectivity index (χ4v) is 3.99. The third-order valence-corrected chi connectivity index (χ3v) is 5.84. The Morgan fingerprint density at radius 2 is 1.64 bits per heavy atom. The van der Waals surface area contributed by atoms with Gasteiger partial charge in [-0.2, -0.15) is 0 Å². The molecule has 3 aromatic rings. The molecule has 2 aromatic carbocycles. The van der Waals surface area contributed by atoms with Gasteiger partial charge in [0.1, 0.15) is 11.6 Å². The molecule has 0 aliphatic rings. The Hall–Kier alpha value is -3.92. The highest BCUT2D eigenvalue weighted by molar-refractivity contribution is 7.92. The quantitative estimate of drug-likeness (QED) is 0.485. The van der Waals surface area contributed by atoms with Gasteiger partial charge in [-0.15, -0.1) is 0 Å². The van der Waals surface area contributed by atoms with Crippen molar-refractivity contribution in [1.29, 1.82) is 0 Å². The highest BCUT2D eigenvalue weighted by Gasteiger charge is 2.15. The number of ether oxygens (including phenoxy) is 2. The summed E-state index contributed by atoms with van der Waals surface area (Å²) in [5.74, 6) is 1.43. The van der Waals surface area contributed by atoms with Crippen LogP contribution in [0.3, 0.4) is 0 Å². The van der Waals surface area contributed by atoms with Crippen LogP contribution in [0.5, 0.6) is 11.5 Å². The van der Waals surface area contributed by atoms with E-state index in [9.17, 15) is 13.2 Å². The third-order valence-electron chi connectivity index (χ3n) is 4.47. The highest BCUT2D eigenvalue weighted by Crippen LogP contribution is 2.28. The number of sulfonamides is 1. The second-order valence-electron chi connectivity index (χ2n) is 7.01. The number of nitrogens with zero attached hydrogens (tertiary/aromatic N) is 2. The van der Waals surface area contributed by atoms with Crippen molar-refractivity contribution in [3.8, 4) is 11.5 Å².